The van der Waals surface area contributed by atoms with Gasteiger partial charge in [0.15, 0.2) is 5.65 Å². The van der Waals surface area contributed by atoms with Crippen LogP contribution in [0.3, 0.4) is 0 Å². The van der Waals surface area contributed by atoms with Gasteiger partial charge in [-0.2, -0.15) is 9.50 Å². The molecule has 0 bridgehead atoms. The van der Waals surface area contributed by atoms with Crippen LogP contribution < -0.4 is 10.6 Å². The van der Waals surface area contributed by atoms with Gasteiger partial charge < -0.3 is 20.7 Å². The molecule has 1 aromatic carbocycles. The van der Waals surface area contributed by atoms with E-state index >= 15 is 0 Å². The quantitative estimate of drug-likeness (QED) is 0.445. The molecule has 1 aliphatic carbocycles. The molecule has 0 unspecified atom stereocenters. The summed E-state index contributed by atoms with van der Waals surface area (Å²) in [6.45, 7) is 0. The SMILES string of the molecule is O[C@H]1CC[C@@H](Nc2cccc3nc(Nc4ccc5[nH]ccc5c4)nn23)CC1. The van der Waals surface area contributed by atoms with E-state index in [4.69, 9.17) is 0 Å². The minimum Gasteiger partial charge on any atom is -0.393 e. The molecule has 3 heterocycles. The number of aromatic nitrogens is 4. The first-order valence-corrected chi connectivity index (χ1v) is 9.39. The van der Waals surface area contributed by atoms with Gasteiger partial charge in [-0.1, -0.05) is 6.07 Å². The molecule has 0 amide bonds. The van der Waals surface area contributed by atoms with Crippen LogP contribution in [0.4, 0.5) is 17.5 Å². The molecule has 7 nitrogen and oxygen atoms in total. The molecule has 5 rings (SSSR count). The summed E-state index contributed by atoms with van der Waals surface area (Å²) in [5.74, 6) is 1.49. The number of hydrogen-bond donors (Lipinski definition) is 4. The second-order valence-corrected chi connectivity index (χ2v) is 7.17. The van der Waals surface area contributed by atoms with Gasteiger partial charge in [-0.15, -0.1) is 5.10 Å². The van der Waals surface area contributed by atoms with E-state index in [0.717, 1.165) is 53.7 Å². The molecule has 1 fully saturated rings. The van der Waals surface area contributed by atoms with Crippen LogP contribution in [-0.4, -0.2) is 36.8 Å². The monoisotopic (exact) mass is 362 g/mol. The molecule has 0 saturated heterocycles. The largest absolute Gasteiger partial charge is 0.393 e. The summed E-state index contributed by atoms with van der Waals surface area (Å²) in [6.07, 6.45) is 5.40. The van der Waals surface area contributed by atoms with Crippen LogP contribution in [0.15, 0.2) is 48.7 Å². The molecule has 0 aliphatic heterocycles. The minimum atomic E-state index is -0.154. The summed E-state index contributed by atoms with van der Waals surface area (Å²) >= 11 is 0. The van der Waals surface area contributed by atoms with Gasteiger partial charge in [0.2, 0.25) is 5.95 Å². The van der Waals surface area contributed by atoms with E-state index in [0.29, 0.717) is 12.0 Å². The van der Waals surface area contributed by atoms with Crippen LogP contribution in [0.5, 0.6) is 0 Å². The van der Waals surface area contributed by atoms with Gasteiger partial charge in [-0.05, 0) is 62.1 Å². The number of rotatable bonds is 4. The summed E-state index contributed by atoms with van der Waals surface area (Å²) in [5.41, 5.74) is 2.85. The Bertz CT molecular complexity index is 1080. The van der Waals surface area contributed by atoms with E-state index < -0.39 is 0 Å². The maximum atomic E-state index is 9.69. The Morgan fingerprint density at radius 1 is 1.07 bits per heavy atom. The topological polar surface area (TPSA) is 90.3 Å². The van der Waals surface area contributed by atoms with Gasteiger partial charge >= 0.3 is 0 Å². The van der Waals surface area contributed by atoms with Gasteiger partial charge in [0.1, 0.15) is 5.82 Å². The van der Waals surface area contributed by atoms with Crippen LogP contribution >= 0.6 is 0 Å². The normalized spacial score (nSPS) is 20.2. The number of aliphatic hydroxyl groups is 1. The van der Waals surface area contributed by atoms with Crippen molar-refractivity contribution >= 4 is 34.0 Å². The molecule has 3 aromatic heterocycles. The van der Waals surface area contributed by atoms with Crippen molar-refractivity contribution in [2.24, 2.45) is 0 Å². The Labute approximate surface area is 156 Å². The fourth-order valence-electron chi connectivity index (χ4n) is 3.76. The number of nitrogens with zero attached hydrogens (tertiary/aromatic N) is 3. The highest BCUT2D eigenvalue weighted by Crippen LogP contribution is 2.24. The first kappa shape index (κ1) is 16.1. The van der Waals surface area contributed by atoms with Crippen molar-refractivity contribution in [3.8, 4) is 0 Å². The number of pyridine rings is 1. The number of nitrogens with one attached hydrogen (secondary N) is 3. The van der Waals surface area contributed by atoms with Crippen LogP contribution in [0.25, 0.3) is 16.6 Å². The van der Waals surface area contributed by atoms with E-state index in [-0.39, 0.29) is 6.10 Å². The lowest BCUT2D eigenvalue weighted by molar-refractivity contribution is 0.126. The third-order valence-electron chi connectivity index (χ3n) is 5.22. The average Bonchev–Trinajstić information content (AvgIpc) is 3.30. The highest BCUT2D eigenvalue weighted by atomic mass is 16.3. The molecule has 7 heteroatoms. The molecule has 0 atom stereocenters. The summed E-state index contributed by atoms with van der Waals surface area (Å²) in [7, 11) is 0. The van der Waals surface area contributed by atoms with Crippen molar-refractivity contribution < 1.29 is 5.11 Å². The van der Waals surface area contributed by atoms with Gasteiger partial charge in [0.05, 0.1) is 6.10 Å². The van der Waals surface area contributed by atoms with Crippen molar-refractivity contribution in [2.75, 3.05) is 10.6 Å². The van der Waals surface area contributed by atoms with E-state index in [1.807, 2.05) is 47.1 Å². The number of aliphatic hydroxyl groups excluding tert-OH is 1. The van der Waals surface area contributed by atoms with Crippen molar-refractivity contribution in [1.82, 2.24) is 19.6 Å². The Kier molecular flexibility index (Phi) is 3.94. The Morgan fingerprint density at radius 2 is 1.96 bits per heavy atom. The number of hydrogen-bond acceptors (Lipinski definition) is 5. The third kappa shape index (κ3) is 3.21. The Morgan fingerprint density at radius 3 is 2.85 bits per heavy atom. The fourth-order valence-corrected chi connectivity index (χ4v) is 3.76. The van der Waals surface area contributed by atoms with Crippen molar-refractivity contribution in [3.63, 3.8) is 0 Å². The molecular weight excluding hydrogens is 340 g/mol. The molecule has 1 aliphatic rings. The van der Waals surface area contributed by atoms with Crippen molar-refractivity contribution in [2.45, 2.75) is 37.8 Å². The molecule has 1 saturated carbocycles. The third-order valence-corrected chi connectivity index (χ3v) is 5.22. The minimum absolute atomic E-state index is 0.154. The Balaban J connectivity index is 1.39. The predicted octanol–water partition coefficient (Wildman–Crippen LogP) is 3.67. The van der Waals surface area contributed by atoms with Crippen LogP contribution in [0, 0.1) is 0 Å². The lowest BCUT2D eigenvalue weighted by Crippen LogP contribution is -2.29. The second kappa shape index (κ2) is 6.59. The zero-order chi connectivity index (χ0) is 18.2. The van der Waals surface area contributed by atoms with E-state index in [1.54, 1.807) is 0 Å². The molecule has 0 radical (unpaired) electrons. The maximum Gasteiger partial charge on any atom is 0.247 e. The zero-order valence-corrected chi connectivity index (χ0v) is 14.9. The second-order valence-electron chi connectivity index (χ2n) is 7.17. The number of anilines is 3. The molecular formula is C20H22N6O. The van der Waals surface area contributed by atoms with Crippen molar-refractivity contribution in [1.29, 1.82) is 0 Å². The van der Waals surface area contributed by atoms with E-state index in [1.165, 1.54) is 0 Å². The highest BCUT2D eigenvalue weighted by Gasteiger charge is 2.20. The van der Waals surface area contributed by atoms with E-state index in [2.05, 4.69) is 31.8 Å². The van der Waals surface area contributed by atoms with Crippen LogP contribution in [-0.2, 0) is 0 Å². The van der Waals surface area contributed by atoms with Crippen molar-refractivity contribution in [3.05, 3.63) is 48.7 Å². The molecule has 4 aromatic rings. The first-order valence-electron chi connectivity index (χ1n) is 9.39. The Hall–Kier alpha value is -3.06. The number of aromatic amines is 1. The molecule has 0 spiro atoms. The van der Waals surface area contributed by atoms with Crippen LogP contribution in [0.1, 0.15) is 25.7 Å². The number of benzene rings is 1. The predicted molar refractivity (Wildman–Crippen MR) is 106 cm³/mol. The average molecular weight is 362 g/mol. The zero-order valence-electron chi connectivity index (χ0n) is 14.9. The highest BCUT2D eigenvalue weighted by molar-refractivity contribution is 5.83. The standard InChI is InChI=1S/C20H22N6O/c27-16-7-4-14(5-8-16)22-18-2-1-3-19-24-20(25-26(18)19)23-15-6-9-17-13(12-15)10-11-21-17/h1-3,6,9-12,14,16,21-22,27H,4-5,7-8H2,(H,23,25)/t14-,16+. The lowest BCUT2D eigenvalue weighted by Gasteiger charge is -2.26. The van der Waals surface area contributed by atoms with E-state index in [9.17, 15) is 5.11 Å². The number of H-pyrrole nitrogens is 1. The number of fused-ring (bicyclic) bond motifs is 2. The van der Waals surface area contributed by atoms with Gasteiger partial charge in [-0.25, -0.2) is 0 Å². The maximum absolute atomic E-state index is 9.69. The smallest absolute Gasteiger partial charge is 0.247 e. The first-order chi connectivity index (χ1) is 13.2. The van der Waals surface area contributed by atoms with Gasteiger partial charge in [0, 0.05) is 28.8 Å². The molecule has 27 heavy (non-hydrogen) atoms. The summed E-state index contributed by atoms with van der Waals surface area (Å²) < 4.78 is 1.84. The van der Waals surface area contributed by atoms with Gasteiger partial charge in [0.25, 0.3) is 0 Å². The van der Waals surface area contributed by atoms with Gasteiger partial charge in [-0.3, -0.25) is 0 Å². The molecule has 4 N–H and O–H groups in total. The summed E-state index contributed by atoms with van der Waals surface area (Å²) in [5, 5.41) is 22.3. The lowest BCUT2D eigenvalue weighted by atomic mass is 9.93. The summed E-state index contributed by atoms with van der Waals surface area (Å²) in [6, 6.07) is 14.5. The fraction of sp³-hybridized carbons (Fsp3) is 0.300. The molecule has 138 valence electrons. The van der Waals surface area contributed by atoms with Crippen LogP contribution in [0.2, 0.25) is 0 Å². The summed E-state index contributed by atoms with van der Waals surface area (Å²) in [4.78, 5) is 7.79.